The monoisotopic (exact) mass is 341 g/mol. The van der Waals surface area contributed by atoms with Crippen molar-refractivity contribution in [3.8, 4) is 0 Å². The molecule has 5 rings (SSSR count). The van der Waals surface area contributed by atoms with Crippen LogP contribution in [0.2, 0.25) is 0 Å². The summed E-state index contributed by atoms with van der Waals surface area (Å²) in [6.45, 7) is 0. The molecule has 2 aliphatic carbocycles. The van der Waals surface area contributed by atoms with Gasteiger partial charge in [-0.05, 0) is 53.9 Å². The maximum Gasteiger partial charge on any atom is 0.0818 e. The summed E-state index contributed by atoms with van der Waals surface area (Å²) < 4.78 is 0. The zero-order valence-corrected chi connectivity index (χ0v) is 14.7. The third-order valence-corrected chi connectivity index (χ3v) is 6.59. The highest BCUT2D eigenvalue weighted by molar-refractivity contribution is 5.48. The Bertz CT molecular complexity index is 824. The van der Waals surface area contributed by atoms with Crippen LogP contribution < -0.4 is 0 Å². The Morgan fingerprint density at radius 3 is 2.04 bits per heavy atom. The van der Waals surface area contributed by atoms with E-state index in [0.717, 1.165) is 18.4 Å². The Hall–Kier alpha value is -2.45. The number of benzene rings is 2. The van der Waals surface area contributed by atoms with Crippen LogP contribution in [0.3, 0.4) is 0 Å². The van der Waals surface area contributed by atoms with E-state index in [1.165, 1.54) is 11.3 Å². The average molecular weight is 341 g/mol. The molecule has 0 bridgehead atoms. The average Bonchev–Trinajstić information content (AvgIpc) is 3.12. The lowest BCUT2D eigenvalue weighted by molar-refractivity contribution is 0.101. The van der Waals surface area contributed by atoms with Crippen LogP contribution in [-0.2, 0) is 5.41 Å². The molecule has 3 aromatic rings. The van der Waals surface area contributed by atoms with E-state index in [9.17, 15) is 5.11 Å². The highest BCUT2D eigenvalue weighted by Crippen LogP contribution is 2.72. The standard InChI is InChI=1S/C24H23NO/c26-23(17-9-3-1-4-10-17)18-15-20-21(16-18)24(20,19-11-5-2-6-12-19)22-13-7-8-14-25-22/h1-14,18,20-21,23,26H,15-16H2/t18?,20-,21+,23?,24?. The minimum atomic E-state index is -0.360. The van der Waals surface area contributed by atoms with Gasteiger partial charge in [0.2, 0.25) is 0 Å². The van der Waals surface area contributed by atoms with Crippen LogP contribution >= 0.6 is 0 Å². The van der Waals surface area contributed by atoms with Crippen molar-refractivity contribution >= 4 is 0 Å². The van der Waals surface area contributed by atoms with Gasteiger partial charge >= 0.3 is 0 Å². The highest BCUT2D eigenvalue weighted by Gasteiger charge is 2.70. The first-order valence-electron chi connectivity index (χ1n) is 9.52. The molecule has 0 spiro atoms. The SMILES string of the molecule is OC(c1ccccc1)C1C[C@@H]2[C@H](C1)C2(c1ccccc1)c1ccccn1. The lowest BCUT2D eigenvalue weighted by Gasteiger charge is -2.27. The summed E-state index contributed by atoms with van der Waals surface area (Å²) >= 11 is 0. The molecule has 3 unspecified atom stereocenters. The number of aromatic nitrogens is 1. The van der Waals surface area contributed by atoms with Gasteiger partial charge in [0.15, 0.2) is 0 Å². The number of hydrogen-bond donors (Lipinski definition) is 1. The van der Waals surface area contributed by atoms with Gasteiger partial charge in [0, 0.05) is 11.6 Å². The van der Waals surface area contributed by atoms with E-state index < -0.39 is 0 Å². The third kappa shape index (κ3) is 2.25. The molecule has 0 amide bonds. The van der Waals surface area contributed by atoms with Crippen molar-refractivity contribution in [3.63, 3.8) is 0 Å². The zero-order chi connectivity index (χ0) is 17.6. The Labute approximate surface area is 154 Å². The molecule has 2 nitrogen and oxygen atoms in total. The first kappa shape index (κ1) is 15.8. The van der Waals surface area contributed by atoms with Gasteiger partial charge in [-0.3, -0.25) is 4.98 Å². The molecule has 2 heteroatoms. The van der Waals surface area contributed by atoms with Crippen LogP contribution in [0.4, 0.5) is 0 Å². The Morgan fingerprint density at radius 2 is 1.42 bits per heavy atom. The van der Waals surface area contributed by atoms with Crippen LogP contribution in [0, 0.1) is 17.8 Å². The van der Waals surface area contributed by atoms with E-state index in [4.69, 9.17) is 4.98 Å². The van der Waals surface area contributed by atoms with Gasteiger partial charge in [0.05, 0.1) is 11.8 Å². The zero-order valence-electron chi connectivity index (χ0n) is 14.7. The minimum Gasteiger partial charge on any atom is -0.388 e. The Balaban J connectivity index is 1.45. The molecule has 1 N–H and O–H groups in total. The highest BCUT2D eigenvalue weighted by atomic mass is 16.3. The molecule has 0 aliphatic heterocycles. The quantitative estimate of drug-likeness (QED) is 0.742. The molecule has 2 fully saturated rings. The van der Waals surface area contributed by atoms with Crippen molar-refractivity contribution in [2.24, 2.45) is 17.8 Å². The van der Waals surface area contributed by atoms with Gasteiger partial charge < -0.3 is 5.11 Å². The topological polar surface area (TPSA) is 33.1 Å². The van der Waals surface area contributed by atoms with Crippen LogP contribution in [0.15, 0.2) is 85.1 Å². The number of hydrogen-bond acceptors (Lipinski definition) is 2. The largest absolute Gasteiger partial charge is 0.388 e. The molecular weight excluding hydrogens is 318 g/mol. The molecule has 2 aliphatic rings. The maximum absolute atomic E-state index is 10.9. The van der Waals surface area contributed by atoms with Crippen molar-refractivity contribution < 1.29 is 5.11 Å². The second kappa shape index (κ2) is 6.07. The number of aliphatic hydroxyl groups excluding tert-OH is 1. The second-order valence-electron chi connectivity index (χ2n) is 7.75. The number of nitrogens with zero attached hydrogens (tertiary/aromatic N) is 1. The summed E-state index contributed by atoms with van der Waals surface area (Å²) in [6, 6.07) is 27.2. The second-order valence-corrected chi connectivity index (χ2v) is 7.75. The number of rotatable bonds is 4. The van der Waals surface area contributed by atoms with Crippen molar-refractivity contribution in [2.45, 2.75) is 24.4 Å². The summed E-state index contributed by atoms with van der Waals surface area (Å²) in [5.74, 6) is 1.49. The molecule has 130 valence electrons. The van der Waals surface area contributed by atoms with Gasteiger partial charge in [0.25, 0.3) is 0 Å². The first-order chi connectivity index (χ1) is 12.8. The van der Waals surface area contributed by atoms with E-state index in [2.05, 4.69) is 42.5 Å². The Kier molecular flexibility index (Phi) is 3.68. The van der Waals surface area contributed by atoms with Crippen molar-refractivity contribution in [2.75, 3.05) is 0 Å². The molecule has 2 aromatic carbocycles. The molecule has 1 aromatic heterocycles. The number of fused-ring (bicyclic) bond motifs is 1. The van der Waals surface area contributed by atoms with Crippen LogP contribution in [0.5, 0.6) is 0 Å². The summed E-state index contributed by atoms with van der Waals surface area (Å²) in [6.07, 6.45) is 3.67. The fraction of sp³-hybridized carbons (Fsp3) is 0.292. The van der Waals surface area contributed by atoms with Gasteiger partial charge in [-0.15, -0.1) is 0 Å². The molecule has 2 saturated carbocycles. The predicted octanol–water partition coefficient (Wildman–Crippen LogP) is 4.76. The van der Waals surface area contributed by atoms with E-state index in [1.54, 1.807) is 0 Å². The third-order valence-electron chi connectivity index (χ3n) is 6.59. The van der Waals surface area contributed by atoms with Crippen molar-refractivity contribution in [1.82, 2.24) is 4.98 Å². The molecule has 26 heavy (non-hydrogen) atoms. The summed E-state index contributed by atoms with van der Waals surface area (Å²) in [5.41, 5.74) is 3.65. The smallest absolute Gasteiger partial charge is 0.0818 e. The molecule has 0 radical (unpaired) electrons. The number of aliphatic hydroxyl groups is 1. The van der Waals surface area contributed by atoms with Gasteiger partial charge in [-0.2, -0.15) is 0 Å². The fourth-order valence-electron chi connectivity index (χ4n) is 5.44. The van der Waals surface area contributed by atoms with E-state index in [-0.39, 0.29) is 11.5 Å². The van der Waals surface area contributed by atoms with E-state index in [1.807, 2.05) is 42.6 Å². The van der Waals surface area contributed by atoms with Crippen molar-refractivity contribution in [3.05, 3.63) is 102 Å². The van der Waals surface area contributed by atoms with Crippen molar-refractivity contribution in [1.29, 1.82) is 0 Å². The van der Waals surface area contributed by atoms with Gasteiger partial charge in [-0.25, -0.2) is 0 Å². The normalized spacial score (nSPS) is 30.6. The predicted molar refractivity (Wildman–Crippen MR) is 103 cm³/mol. The number of pyridine rings is 1. The summed E-state index contributed by atoms with van der Waals surface area (Å²) in [4.78, 5) is 4.74. The van der Waals surface area contributed by atoms with Crippen LogP contribution in [0.25, 0.3) is 0 Å². The fourth-order valence-corrected chi connectivity index (χ4v) is 5.44. The Morgan fingerprint density at radius 1 is 0.808 bits per heavy atom. The lowest BCUT2D eigenvalue weighted by Crippen LogP contribution is -2.22. The maximum atomic E-state index is 10.9. The summed E-state index contributed by atoms with van der Waals surface area (Å²) in [5, 5.41) is 10.9. The van der Waals surface area contributed by atoms with Crippen LogP contribution in [0.1, 0.15) is 35.8 Å². The van der Waals surface area contributed by atoms with E-state index in [0.29, 0.717) is 17.8 Å². The molecular formula is C24H23NO. The van der Waals surface area contributed by atoms with Gasteiger partial charge in [-0.1, -0.05) is 66.7 Å². The minimum absolute atomic E-state index is 0.0371. The van der Waals surface area contributed by atoms with E-state index >= 15 is 0 Å². The van der Waals surface area contributed by atoms with Crippen LogP contribution in [-0.4, -0.2) is 10.1 Å². The lowest BCUT2D eigenvalue weighted by atomic mass is 9.79. The molecule has 5 atom stereocenters. The first-order valence-corrected chi connectivity index (χ1v) is 9.52. The molecule has 1 heterocycles. The van der Waals surface area contributed by atoms with Gasteiger partial charge in [0.1, 0.15) is 0 Å². The summed E-state index contributed by atoms with van der Waals surface area (Å²) in [7, 11) is 0. The molecule has 0 saturated heterocycles.